The van der Waals surface area contributed by atoms with Crippen LogP contribution in [-0.4, -0.2) is 10.1 Å². The summed E-state index contributed by atoms with van der Waals surface area (Å²) in [5, 5.41) is 17.9. The van der Waals surface area contributed by atoms with Crippen LogP contribution in [0.2, 0.25) is 0 Å². The van der Waals surface area contributed by atoms with Gasteiger partial charge in [0.1, 0.15) is 6.07 Å². The van der Waals surface area contributed by atoms with Crippen LogP contribution in [0.25, 0.3) is 0 Å². The van der Waals surface area contributed by atoms with E-state index in [1.807, 2.05) is 13.0 Å². The van der Waals surface area contributed by atoms with Crippen molar-refractivity contribution in [1.82, 2.24) is 4.98 Å². The topological polar surface area (TPSA) is 56.9 Å². The molecule has 3 heteroatoms. The molecule has 0 fully saturated rings. The monoisotopic (exact) mass is 162 g/mol. The van der Waals surface area contributed by atoms with Crippen LogP contribution in [0.5, 0.6) is 0 Å². The Bertz CT molecular complexity index is 326. The van der Waals surface area contributed by atoms with Crippen LogP contribution in [0.3, 0.4) is 0 Å². The van der Waals surface area contributed by atoms with Gasteiger partial charge in [-0.25, -0.2) is 0 Å². The fraction of sp³-hybridized carbons (Fsp3) is 0.333. The Morgan fingerprint density at radius 2 is 2.25 bits per heavy atom. The number of nitrogens with zero attached hydrogens (tertiary/aromatic N) is 2. The molecule has 0 spiro atoms. The highest BCUT2D eigenvalue weighted by molar-refractivity contribution is 5.39. The average Bonchev–Trinajstić information content (AvgIpc) is 2.04. The van der Waals surface area contributed by atoms with E-state index in [9.17, 15) is 5.11 Å². The molecule has 1 atom stereocenters. The Balaban J connectivity index is 3.25. The first-order valence-corrected chi connectivity index (χ1v) is 3.69. The molecule has 0 aliphatic carbocycles. The molecule has 0 saturated carbocycles. The normalized spacial score (nSPS) is 12.2. The summed E-state index contributed by atoms with van der Waals surface area (Å²) < 4.78 is 0. The van der Waals surface area contributed by atoms with Gasteiger partial charge in [0.15, 0.2) is 0 Å². The van der Waals surface area contributed by atoms with Crippen LogP contribution in [-0.2, 0) is 0 Å². The number of pyridine rings is 1. The van der Waals surface area contributed by atoms with E-state index in [4.69, 9.17) is 5.26 Å². The molecular formula is C9H10N2O. The molecule has 0 bridgehead atoms. The van der Waals surface area contributed by atoms with E-state index in [2.05, 4.69) is 4.98 Å². The van der Waals surface area contributed by atoms with Crippen LogP contribution < -0.4 is 0 Å². The van der Waals surface area contributed by atoms with Gasteiger partial charge in [-0.05, 0) is 19.4 Å². The molecule has 3 nitrogen and oxygen atoms in total. The molecule has 62 valence electrons. The Kier molecular flexibility index (Phi) is 2.41. The second-order valence-corrected chi connectivity index (χ2v) is 2.69. The van der Waals surface area contributed by atoms with Crippen molar-refractivity contribution in [3.05, 3.63) is 29.1 Å². The van der Waals surface area contributed by atoms with Gasteiger partial charge < -0.3 is 5.11 Å². The van der Waals surface area contributed by atoms with E-state index < -0.39 is 6.10 Å². The summed E-state index contributed by atoms with van der Waals surface area (Å²) in [5.41, 5.74) is 2.05. The van der Waals surface area contributed by atoms with Crippen molar-refractivity contribution < 1.29 is 5.11 Å². The molecule has 1 rings (SSSR count). The van der Waals surface area contributed by atoms with Gasteiger partial charge in [0.05, 0.1) is 11.7 Å². The summed E-state index contributed by atoms with van der Waals surface area (Å²) in [6.45, 7) is 3.47. The number of aliphatic hydroxyl groups is 1. The molecular weight excluding hydrogens is 152 g/mol. The predicted octanol–water partition coefficient (Wildman–Crippen LogP) is 1.31. The summed E-state index contributed by atoms with van der Waals surface area (Å²) in [5.74, 6) is 0. The molecule has 1 unspecified atom stereocenters. The Labute approximate surface area is 71.3 Å². The molecule has 0 radical (unpaired) electrons. The molecule has 1 heterocycles. The molecule has 1 aromatic rings. The van der Waals surface area contributed by atoms with Crippen LogP contribution in [0.15, 0.2) is 12.4 Å². The third kappa shape index (κ3) is 1.44. The molecule has 0 aliphatic rings. The van der Waals surface area contributed by atoms with Gasteiger partial charge in [0.25, 0.3) is 0 Å². The summed E-state index contributed by atoms with van der Waals surface area (Å²) in [7, 11) is 0. The standard InChI is InChI=1S/C9H10N2O/c1-6-8(3-10)4-11-5-9(6)7(2)12/h4-5,7,12H,1-2H3. The van der Waals surface area contributed by atoms with E-state index in [-0.39, 0.29) is 0 Å². The van der Waals surface area contributed by atoms with Gasteiger partial charge in [0, 0.05) is 18.0 Å². The summed E-state index contributed by atoms with van der Waals surface area (Å²) in [6.07, 6.45) is 2.52. The Hall–Kier alpha value is -1.40. The molecule has 12 heavy (non-hydrogen) atoms. The minimum atomic E-state index is -0.564. The smallest absolute Gasteiger partial charge is 0.101 e. The van der Waals surface area contributed by atoms with Crippen molar-refractivity contribution in [2.75, 3.05) is 0 Å². The van der Waals surface area contributed by atoms with Gasteiger partial charge in [0.2, 0.25) is 0 Å². The van der Waals surface area contributed by atoms with Crippen molar-refractivity contribution in [2.45, 2.75) is 20.0 Å². The van der Waals surface area contributed by atoms with Gasteiger partial charge >= 0.3 is 0 Å². The van der Waals surface area contributed by atoms with Crippen LogP contribution in [0, 0.1) is 18.3 Å². The third-order valence-corrected chi connectivity index (χ3v) is 1.82. The lowest BCUT2D eigenvalue weighted by Gasteiger charge is -2.07. The van der Waals surface area contributed by atoms with Gasteiger partial charge in [-0.3, -0.25) is 4.98 Å². The maximum atomic E-state index is 9.28. The fourth-order valence-corrected chi connectivity index (χ4v) is 1.08. The minimum Gasteiger partial charge on any atom is -0.389 e. The highest BCUT2D eigenvalue weighted by Gasteiger charge is 2.07. The molecule has 0 saturated heterocycles. The van der Waals surface area contributed by atoms with Crippen molar-refractivity contribution in [3.8, 4) is 6.07 Å². The van der Waals surface area contributed by atoms with E-state index in [1.165, 1.54) is 6.20 Å². The van der Waals surface area contributed by atoms with E-state index in [1.54, 1.807) is 13.1 Å². The first-order chi connectivity index (χ1) is 5.66. The van der Waals surface area contributed by atoms with Crippen molar-refractivity contribution >= 4 is 0 Å². The maximum Gasteiger partial charge on any atom is 0.101 e. The quantitative estimate of drug-likeness (QED) is 0.677. The predicted molar refractivity (Wildman–Crippen MR) is 44.3 cm³/mol. The minimum absolute atomic E-state index is 0.522. The average molecular weight is 162 g/mol. The molecule has 0 aromatic carbocycles. The SMILES string of the molecule is Cc1c(C#N)cncc1C(C)O. The number of nitriles is 1. The fourth-order valence-electron chi connectivity index (χ4n) is 1.08. The summed E-state index contributed by atoms with van der Waals surface area (Å²) >= 11 is 0. The third-order valence-electron chi connectivity index (χ3n) is 1.82. The van der Waals surface area contributed by atoms with Crippen molar-refractivity contribution in [3.63, 3.8) is 0 Å². The lowest BCUT2D eigenvalue weighted by atomic mass is 10.0. The lowest BCUT2D eigenvalue weighted by molar-refractivity contribution is 0.198. The molecule has 1 N–H and O–H groups in total. The van der Waals surface area contributed by atoms with E-state index >= 15 is 0 Å². The van der Waals surface area contributed by atoms with Crippen molar-refractivity contribution in [1.29, 1.82) is 5.26 Å². The zero-order valence-corrected chi connectivity index (χ0v) is 7.07. The van der Waals surface area contributed by atoms with Gasteiger partial charge in [-0.15, -0.1) is 0 Å². The maximum absolute atomic E-state index is 9.28. The molecule has 0 aliphatic heterocycles. The second-order valence-electron chi connectivity index (χ2n) is 2.69. The van der Waals surface area contributed by atoms with Crippen molar-refractivity contribution in [2.24, 2.45) is 0 Å². The first kappa shape index (κ1) is 8.69. The summed E-state index contributed by atoms with van der Waals surface area (Å²) in [4.78, 5) is 3.86. The number of hydrogen-bond donors (Lipinski definition) is 1. The molecule has 0 amide bonds. The number of aliphatic hydroxyl groups excluding tert-OH is 1. The number of rotatable bonds is 1. The second kappa shape index (κ2) is 3.33. The number of hydrogen-bond acceptors (Lipinski definition) is 3. The van der Waals surface area contributed by atoms with Crippen LogP contribution >= 0.6 is 0 Å². The van der Waals surface area contributed by atoms with Crippen LogP contribution in [0.1, 0.15) is 29.7 Å². The Morgan fingerprint density at radius 3 is 2.75 bits per heavy atom. The van der Waals surface area contributed by atoms with Crippen LogP contribution in [0.4, 0.5) is 0 Å². The Morgan fingerprint density at radius 1 is 1.58 bits per heavy atom. The highest BCUT2D eigenvalue weighted by atomic mass is 16.3. The van der Waals surface area contributed by atoms with E-state index in [0.29, 0.717) is 11.1 Å². The largest absolute Gasteiger partial charge is 0.389 e. The van der Waals surface area contributed by atoms with Gasteiger partial charge in [-0.2, -0.15) is 5.26 Å². The lowest BCUT2D eigenvalue weighted by Crippen LogP contribution is -1.98. The number of aromatic nitrogens is 1. The first-order valence-electron chi connectivity index (χ1n) is 3.69. The van der Waals surface area contributed by atoms with E-state index in [0.717, 1.165) is 5.56 Å². The zero-order chi connectivity index (χ0) is 9.14. The summed E-state index contributed by atoms with van der Waals surface area (Å²) in [6, 6.07) is 2.02. The molecule has 1 aromatic heterocycles. The highest BCUT2D eigenvalue weighted by Crippen LogP contribution is 2.17. The van der Waals surface area contributed by atoms with Gasteiger partial charge in [-0.1, -0.05) is 0 Å². The zero-order valence-electron chi connectivity index (χ0n) is 7.07.